The fourth-order valence-corrected chi connectivity index (χ4v) is 3.54. The number of amides is 1. The summed E-state index contributed by atoms with van der Waals surface area (Å²) >= 11 is 5.22. The third-order valence-corrected chi connectivity index (χ3v) is 4.98. The van der Waals surface area contributed by atoms with E-state index >= 15 is 0 Å². The number of hydrogen-bond donors (Lipinski definition) is 1. The van der Waals surface area contributed by atoms with E-state index in [1.807, 2.05) is 4.90 Å². The van der Waals surface area contributed by atoms with Crippen molar-refractivity contribution in [1.82, 2.24) is 4.90 Å². The van der Waals surface area contributed by atoms with E-state index < -0.39 is 5.41 Å². The van der Waals surface area contributed by atoms with E-state index in [2.05, 4.69) is 6.92 Å². The summed E-state index contributed by atoms with van der Waals surface area (Å²) in [6.45, 7) is 4.15. The topological polar surface area (TPSA) is 55.6 Å². The van der Waals surface area contributed by atoms with Gasteiger partial charge in [-0.05, 0) is 38.5 Å². The van der Waals surface area contributed by atoms with Crippen LogP contribution in [0.1, 0.15) is 45.4 Å². The Morgan fingerprint density at radius 1 is 1.42 bits per heavy atom. The van der Waals surface area contributed by atoms with Crippen molar-refractivity contribution < 1.29 is 9.53 Å². The molecule has 2 fully saturated rings. The maximum Gasteiger partial charge on any atom is 0.236 e. The first-order valence-corrected chi connectivity index (χ1v) is 7.71. The number of piperidine rings is 1. The minimum Gasteiger partial charge on any atom is -0.392 e. The Hall–Kier alpha value is -0.680. The third-order valence-electron chi connectivity index (χ3n) is 4.59. The molecule has 0 spiro atoms. The van der Waals surface area contributed by atoms with E-state index in [0.29, 0.717) is 37.1 Å². The number of carbonyl (C=O) groups is 1. The molecule has 2 N–H and O–H groups in total. The van der Waals surface area contributed by atoms with Crippen molar-refractivity contribution in [2.75, 3.05) is 19.8 Å². The molecule has 19 heavy (non-hydrogen) atoms. The minimum absolute atomic E-state index is 0.148. The molecule has 1 atom stereocenters. The highest BCUT2D eigenvalue weighted by atomic mass is 32.1. The summed E-state index contributed by atoms with van der Waals surface area (Å²) in [5, 5.41) is 0. The predicted octanol–water partition coefficient (Wildman–Crippen LogP) is 1.86. The first-order valence-electron chi connectivity index (χ1n) is 7.30. The van der Waals surface area contributed by atoms with Gasteiger partial charge in [0.1, 0.15) is 5.41 Å². The zero-order valence-corrected chi connectivity index (χ0v) is 12.5. The largest absolute Gasteiger partial charge is 0.392 e. The van der Waals surface area contributed by atoms with Crippen LogP contribution in [-0.4, -0.2) is 41.6 Å². The standard InChI is InChI=1S/C14H24N2O2S/c1-2-11-5-3-4-8-16(11)13(17)14(12(15)19)6-9-18-10-7-14/h11H,2-10H2,1H3,(H2,15,19). The Labute approximate surface area is 120 Å². The number of nitrogens with zero attached hydrogens (tertiary/aromatic N) is 1. The molecule has 2 aliphatic rings. The van der Waals surface area contributed by atoms with Crippen molar-refractivity contribution in [2.24, 2.45) is 11.1 Å². The number of rotatable bonds is 3. The second-order valence-electron chi connectivity index (χ2n) is 5.62. The van der Waals surface area contributed by atoms with E-state index in [1.165, 1.54) is 6.42 Å². The van der Waals surface area contributed by atoms with Gasteiger partial charge >= 0.3 is 0 Å². The number of thiocarbonyl (C=S) groups is 1. The van der Waals surface area contributed by atoms with Crippen molar-refractivity contribution in [3.05, 3.63) is 0 Å². The van der Waals surface area contributed by atoms with E-state index in [4.69, 9.17) is 22.7 Å². The zero-order valence-electron chi connectivity index (χ0n) is 11.7. The molecule has 0 aromatic carbocycles. The molecule has 2 heterocycles. The van der Waals surface area contributed by atoms with E-state index in [-0.39, 0.29) is 5.91 Å². The van der Waals surface area contributed by atoms with Gasteiger partial charge in [0.25, 0.3) is 0 Å². The summed E-state index contributed by atoms with van der Waals surface area (Å²) in [6.07, 6.45) is 5.68. The molecule has 0 bridgehead atoms. The van der Waals surface area contributed by atoms with Crippen LogP contribution >= 0.6 is 12.2 Å². The van der Waals surface area contributed by atoms with Crippen LogP contribution in [0, 0.1) is 5.41 Å². The van der Waals surface area contributed by atoms with Gasteiger partial charge in [-0.1, -0.05) is 19.1 Å². The molecule has 1 amide bonds. The highest BCUT2D eigenvalue weighted by Gasteiger charge is 2.46. The zero-order chi connectivity index (χ0) is 13.9. The van der Waals surface area contributed by atoms with Gasteiger partial charge in [-0.25, -0.2) is 0 Å². The summed E-state index contributed by atoms with van der Waals surface area (Å²) in [6, 6.07) is 0.357. The number of nitrogens with two attached hydrogens (primary N) is 1. The average Bonchev–Trinajstić information content (AvgIpc) is 2.47. The molecule has 2 rings (SSSR count). The third kappa shape index (κ3) is 2.77. The van der Waals surface area contributed by atoms with Crippen LogP contribution in [0.4, 0.5) is 0 Å². The first kappa shape index (κ1) is 14.7. The molecule has 0 radical (unpaired) electrons. The monoisotopic (exact) mass is 284 g/mol. The summed E-state index contributed by atoms with van der Waals surface area (Å²) in [5.41, 5.74) is 5.27. The van der Waals surface area contributed by atoms with Crippen molar-refractivity contribution in [3.8, 4) is 0 Å². The Kier molecular flexibility index (Phi) is 4.79. The summed E-state index contributed by atoms with van der Waals surface area (Å²) in [7, 11) is 0. The predicted molar refractivity (Wildman–Crippen MR) is 78.9 cm³/mol. The summed E-state index contributed by atoms with van der Waals surface area (Å²) < 4.78 is 5.38. The Balaban J connectivity index is 2.21. The molecule has 0 aliphatic carbocycles. The van der Waals surface area contributed by atoms with E-state index in [0.717, 1.165) is 25.8 Å². The van der Waals surface area contributed by atoms with Gasteiger partial charge in [0.05, 0.1) is 4.99 Å². The van der Waals surface area contributed by atoms with Crippen molar-refractivity contribution >= 4 is 23.1 Å². The van der Waals surface area contributed by atoms with Crippen molar-refractivity contribution in [2.45, 2.75) is 51.5 Å². The minimum atomic E-state index is -0.654. The molecule has 4 nitrogen and oxygen atoms in total. The molecule has 0 aromatic rings. The molecular weight excluding hydrogens is 260 g/mol. The van der Waals surface area contributed by atoms with Crippen molar-refractivity contribution in [1.29, 1.82) is 0 Å². The lowest BCUT2D eigenvalue weighted by molar-refractivity contribution is -0.146. The van der Waals surface area contributed by atoms with Crippen LogP contribution < -0.4 is 5.73 Å². The van der Waals surface area contributed by atoms with Crippen LogP contribution in [0.2, 0.25) is 0 Å². The molecule has 0 saturated carbocycles. The second kappa shape index (κ2) is 6.18. The molecule has 5 heteroatoms. The highest BCUT2D eigenvalue weighted by molar-refractivity contribution is 7.80. The second-order valence-corrected chi connectivity index (χ2v) is 6.05. The Morgan fingerprint density at radius 2 is 2.11 bits per heavy atom. The fraction of sp³-hybridized carbons (Fsp3) is 0.857. The van der Waals surface area contributed by atoms with Gasteiger partial charge in [0, 0.05) is 25.8 Å². The molecule has 2 aliphatic heterocycles. The molecule has 1 unspecified atom stereocenters. The van der Waals surface area contributed by atoms with Crippen LogP contribution in [0.3, 0.4) is 0 Å². The lowest BCUT2D eigenvalue weighted by atomic mass is 9.77. The van der Waals surface area contributed by atoms with Crippen molar-refractivity contribution in [3.63, 3.8) is 0 Å². The van der Waals surface area contributed by atoms with Gasteiger partial charge < -0.3 is 15.4 Å². The number of carbonyl (C=O) groups excluding carboxylic acids is 1. The van der Waals surface area contributed by atoms with Crippen LogP contribution in [-0.2, 0) is 9.53 Å². The number of hydrogen-bond acceptors (Lipinski definition) is 3. The number of ether oxygens (including phenoxy) is 1. The Morgan fingerprint density at radius 3 is 2.68 bits per heavy atom. The molecule has 108 valence electrons. The first-order chi connectivity index (χ1) is 9.12. The highest BCUT2D eigenvalue weighted by Crippen LogP contribution is 2.35. The normalized spacial score (nSPS) is 27.0. The molecule has 0 aromatic heterocycles. The van der Waals surface area contributed by atoms with Gasteiger partial charge in [-0.3, -0.25) is 4.79 Å². The van der Waals surface area contributed by atoms with Crippen LogP contribution in [0.15, 0.2) is 0 Å². The van der Waals surface area contributed by atoms with E-state index in [1.54, 1.807) is 0 Å². The van der Waals surface area contributed by atoms with E-state index in [9.17, 15) is 4.79 Å². The SMILES string of the molecule is CCC1CCCCN1C(=O)C1(C(N)=S)CCOCC1. The van der Waals surface area contributed by atoms with Crippen LogP contribution in [0.25, 0.3) is 0 Å². The van der Waals surface area contributed by atoms with Gasteiger partial charge in [-0.2, -0.15) is 0 Å². The molecular formula is C14H24N2O2S. The average molecular weight is 284 g/mol. The quantitative estimate of drug-likeness (QED) is 0.804. The fourth-order valence-electron chi connectivity index (χ4n) is 3.25. The maximum absolute atomic E-state index is 13.0. The van der Waals surface area contributed by atoms with Crippen LogP contribution in [0.5, 0.6) is 0 Å². The Bertz CT molecular complexity index is 353. The lowest BCUT2D eigenvalue weighted by Crippen LogP contribution is -2.56. The van der Waals surface area contributed by atoms with Gasteiger partial charge in [0.15, 0.2) is 0 Å². The van der Waals surface area contributed by atoms with Gasteiger partial charge in [-0.15, -0.1) is 0 Å². The lowest BCUT2D eigenvalue weighted by Gasteiger charge is -2.43. The van der Waals surface area contributed by atoms with Gasteiger partial charge in [0.2, 0.25) is 5.91 Å². The summed E-state index contributed by atoms with van der Waals surface area (Å²) in [4.78, 5) is 15.4. The smallest absolute Gasteiger partial charge is 0.236 e. The maximum atomic E-state index is 13.0. The summed E-state index contributed by atoms with van der Waals surface area (Å²) in [5.74, 6) is 0.148. The number of likely N-dealkylation sites (tertiary alicyclic amines) is 1. The molecule has 2 saturated heterocycles.